The Bertz CT molecular complexity index is 1890. The third-order valence-electron chi connectivity index (χ3n) is 6.39. The molecule has 18 nitrogen and oxygen atoms in total. The highest BCUT2D eigenvalue weighted by Gasteiger charge is 2.24. The van der Waals surface area contributed by atoms with Gasteiger partial charge in [0.1, 0.15) is 11.4 Å². The van der Waals surface area contributed by atoms with E-state index in [1.165, 1.54) is 24.3 Å². The lowest BCUT2D eigenvalue weighted by Crippen LogP contribution is -2.16. The highest BCUT2D eigenvalue weighted by molar-refractivity contribution is 6.33. The van der Waals surface area contributed by atoms with Gasteiger partial charge in [-0.3, -0.25) is 60.9 Å². The summed E-state index contributed by atoms with van der Waals surface area (Å²) < 4.78 is 0. The first kappa shape index (κ1) is 33.4. The van der Waals surface area contributed by atoms with Gasteiger partial charge in [-0.15, -0.1) is 0 Å². The fraction of sp³-hybridized carbons (Fsp3) is 0. The van der Waals surface area contributed by atoms with Gasteiger partial charge < -0.3 is 0 Å². The first-order valence-corrected chi connectivity index (χ1v) is 13.4. The second-order valence-corrected chi connectivity index (χ2v) is 9.39. The minimum atomic E-state index is -0.878. The summed E-state index contributed by atoms with van der Waals surface area (Å²) in [4.78, 5) is 69.6. The molecule has 4 aromatic rings. The molecule has 0 saturated heterocycles. The quantitative estimate of drug-likeness (QED) is 0.0532. The van der Waals surface area contributed by atoms with Crippen LogP contribution in [0, 0.1) is 40.5 Å². The van der Waals surface area contributed by atoms with Crippen LogP contribution in [-0.2, 0) is 0 Å². The maximum atomic E-state index is 13.8. The first-order valence-electron chi connectivity index (χ1n) is 13.4. The summed E-state index contributed by atoms with van der Waals surface area (Å²) >= 11 is 0. The van der Waals surface area contributed by atoms with Crippen molar-refractivity contribution in [2.75, 3.05) is 10.9 Å². The molecule has 0 radical (unpaired) electrons. The van der Waals surface area contributed by atoms with Crippen molar-refractivity contribution in [1.29, 1.82) is 0 Å². The van der Waals surface area contributed by atoms with Crippen molar-refractivity contribution in [3.63, 3.8) is 0 Å². The number of ketones is 2. The van der Waals surface area contributed by atoms with Gasteiger partial charge in [-0.1, -0.05) is 60.7 Å². The number of anilines is 2. The maximum Gasteiger partial charge on any atom is 0.301 e. The van der Waals surface area contributed by atoms with Crippen molar-refractivity contribution in [2.45, 2.75) is 0 Å². The standard InChI is InChI=1S/C30H20N8O10/c39-29(19-7-3-1-4-8-19)23(17-31-33-25-13-11-21(35(41)42)15-27(25)37(45)46)24(30(40)20-9-5-2-6-10-20)18-32-34-26-14-12-22(36(43)44)16-28(26)38(47)48/h1-18,33-34H/b24-23+,31-17+,32-18+. The Balaban J connectivity index is 1.85. The maximum absolute atomic E-state index is 13.8. The van der Waals surface area contributed by atoms with Crippen LogP contribution in [0.4, 0.5) is 34.1 Å². The van der Waals surface area contributed by atoms with E-state index in [4.69, 9.17) is 0 Å². The summed E-state index contributed by atoms with van der Waals surface area (Å²) in [5, 5.41) is 53.2. The number of hydrogen-bond acceptors (Lipinski definition) is 14. The van der Waals surface area contributed by atoms with E-state index in [1.807, 2.05) is 0 Å². The molecule has 0 bridgehead atoms. The number of hydrogen-bond donors (Lipinski definition) is 2. The number of allylic oxidation sites excluding steroid dienone is 2. The number of nitro benzene ring substituents is 4. The van der Waals surface area contributed by atoms with Crippen molar-refractivity contribution in [3.8, 4) is 0 Å². The van der Waals surface area contributed by atoms with E-state index in [-0.39, 0.29) is 33.6 Å². The smallest absolute Gasteiger partial charge is 0.289 e. The van der Waals surface area contributed by atoms with Crippen LogP contribution in [0.1, 0.15) is 20.7 Å². The third-order valence-corrected chi connectivity index (χ3v) is 6.39. The monoisotopic (exact) mass is 652 g/mol. The molecule has 4 rings (SSSR count). The highest BCUT2D eigenvalue weighted by Crippen LogP contribution is 2.30. The number of carbonyl (C=O) groups excluding carboxylic acids is 2. The fourth-order valence-electron chi connectivity index (χ4n) is 4.08. The minimum absolute atomic E-state index is 0.103. The van der Waals surface area contributed by atoms with Crippen molar-refractivity contribution in [1.82, 2.24) is 0 Å². The largest absolute Gasteiger partial charge is 0.301 e. The number of carbonyl (C=O) groups is 2. The fourth-order valence-corrected chi connectivity index (χ4v) is 4.08. The van der Waals surface area contributed by atoms with E-state index in [1.54, 1.807) is 36.4 Å². The van der Waals surface area contributed by atoms with Crippen LogP contribution >= 0.6 is 0 Å². The van der Waals surface area contributed by atoms with E-state index in [0.29, 0.717) is 12.1 Å². The number of nitrogens with zero attached hydrogens (tertiary/aromatic N) is 6. The molecule has 0 amide bonds. The van der Waals surface area contributed by atoms with Crippen molar-refractivity contribution in [2.24, 2.45) is 10.2 Å². The van der Waals surface area contributed by atoms with Crippen LogP contribution in [0.5, 0.6) is 0 Å². The van der Waals surface area contributed by atoms with E-state index < -0.39 is 54.0 Å². The summed E-state index contributed by atoms with van der Waals surface area (Å²) in [7, 11) is 0. The van der Waals surface area contributed by atoms with Gasteiger partial charge in [-0.2, -0.15) is 10.2 Å². The molecular formula is C30H20N8O10. The van der Waals surface area contributed by atoms with Crippen molar-refractivity contribution < 1.29 is 29.3 Å². The van der Waals surface area contributed by atoms with E-state index in [0.717, 1.165) is 36.7 Å². The van der Waals surface area contributed by atoms with Crippen LogP contribution in [0.25, 0.3) is 0 Å². The number of benzene rings is 4. The predicted molar refractivity (Wildman–Crippen MR) is 172 cm³/mol. The summed E-state index contributed by atoms with van der Waals surface area (Å²) in [5.74, 6) is -1.49. The van der Waals surface area contributed by atoms with Crippen LogP contribution in [0.3, 0.4) is 0 Å². The molecule has 0 aliphatic rings. The van der Waals surface area contributed by atoms with Crippen molar-refractivity contribution >= 4 is 58.1 Å². The molecular weight excluding hydrogens is 632 g/mol. The predicted octanol–water partition coefficient (Wildman–Crippen LogP) is 5.88. The van der Waals surface area contributed by atoms with Crippen LogP contribution in [0.15, 0.2) is 118 Å². The van der Waals surface area contributed by atoms with Crippen molar-refractivity contribution in [3.05, 3.63) is 160 Å². The summed E-state index contributed by atoms with van der Waals surface area (Å²) in [5.41, 5.74) is 1.13. The molecule has 0 saturated carbocycles. The average molecular weight is 653 g/mol. The summed E-state index contributed by atoms with van der Waals surface area (Å²) in [6.07, 6.45) is 1.80. The van der Waals surface area contributed by atoms with Gasteiger partial charge in [-0.25, -0.2) is 0 Å². The first-order chi connectivity index (χ1) is 23.0. The van der Waals surface area contributed by atoms with Gasteiger partial charge in [0.25, 0.3) is 11.4 Å². The average Bonchev–Trinajstić information content (AvgIpc) is 3.09. The zero-order valence-corrected chi connectivity index (χ0v) is 24.2. The molecule has 0 fully saturated rings. The Morgan fingerprint density at radius 2 is 0.875 bits per heavy atom. The third kappa shape index (κ3) is 7.95. The van der Waals surface area contributed by atoms with Gasteiger partial charge in [0.2, 0.25) is 0 Å². The minimum Gasteiger partial charge on any atom is -0.289 e. The lowest BCUT2D eigenvalue weighted by atomic mass is 9.94. The molecule has 0 unspecified atom stereocenters. The Morgan fingerprint density at radius 1 is 0.521 bits per heavy atom. The van der Waals surface area contributed by atoms with Gasteiger partial charge in [0, 0.05) is 23.3 Å². The van der Waals surface area contributed by atoms with Crippen LogP contribution in [0.2, 0.25) is 0 Å². The van der Waals surface area contributed by atoms with Crippen LogP contribution in [-0.4, -0.2) is 43.7 Å². The lowest BCUT2D eigenvalue weighted by molar-refractivity contribution is -0.393. The van der Waals surface area contributed by atoms with Gasteiger partial charge >= 0.3 is 11.4 Å². The lowest BCUT2D eigenvalue weighted by Gasteiger charge is -2.09. The molecule has 18 heteroatoms. The molecule has 240 valence electrons. The van der Waals surface area contributed by atoms with E-state index in [2.05, 4.69) is 21.1 Å². The Morgan fingerprint density at radius 3 is 1.19 bits per heavy atom. The molecule has 48 heavy (non-hydrogen) atoms. The number of rotatable bonds is 14. The summed E-state index contributed by atoms with van der Waals surface area (Å²) in [6, 6.07) is 20.8. The number of Topliss-reactive ketones (excluding diaryl/α,β-unsaturated/α-hetero) is 2. The van der Waals surface area contributed by atoms with E-state index >= 15 is 0 Å². The second kappa shape index (κ2) is 15.0. The molecule has 2 N–H and O–H groups in total. The molecule has 0 spiro atoms. The Labute approximate surface area is 268 Å². The number of non-ortho nitro benzene ring substituents is 2. The molecule has 0 heterocycles. The van der Waals surface area contributed by atoms with Gasteiger partial charge in [0.05, 0.1) is 55.4 Å². The molecule has 4 aromatic carbocycles. The normalized spacial score (nSPS) is 11.5. The molecule has 0 aromatic heterocycles. The Hall–Kier alpha value is -7.50. The van der Waals surface area contributed by atoms with E-state index in [9.17, 15) is 50.0 Å². The number of hydrazone groups is 2. The number of nitro groups is 4. The highest BCUT2D eigenvalue weighted by atomic mass is 16.6. The SMILES string of the molecule is O=C(C(/C=N/Nc1ccc([N+](=O)[O-])cc1[N+](=O)[O-])=C(\C=N\Nc1ccc([N+](=O)[O-])cc1[N+](=O)[O-])C(=O)c1ccccc1)c1ccccc1. The van der Waals surface area contributed by atoms with Crippen LogP contribution < -0.4 is 10.9 Å². The molecule has 0 aliphatic heterocycles. The molecule has 0 aliphatic carbocycles. The van der Waals surface area contributed by atoms with Gasteiger partial charge in [0.15, 0.2) is 11.6 Å². The second-order valence-electron chi connectivity index (χ2n) is 9.39. The zero-order valence-electron chi connectivity index (χ0n) is 24.2. The Kier molecular flexibility index (Phi) is 10.4. The molecule has 0 atom stereocenters. The topological polar surface area (TPSA) is 255 Å². The zero-order chi connectivity index (χ0) is 34.8. The number of nitrogens with one attached hydrogen (secondary N) is 2. The van der Waals surface area contributed by atoms with Gasteiger partial charge in [-0.05, 0) is 12.1 Å². The summed E-state index contributed by atoms with van der Waals surface area (Å²) in [6.45, 7) is 0.